The molecular formula is C104H64N8. The van der Waals surface area contributed by atoms with Gasteiger partial charge < -0.3 is 0 Å². The zero-order chi connectivity index (χ0) is 74.0. The van der Waals surface area contributed by atoms with E-state index >= 15 is 0 Å². The minimum absolute atomic E-state index is 0.613. The molecule has 520 valence electrons. The fourth-order valence-corrected chi connectivity index (χ4v) is 16.4. The molecule has 0 unspecified atom stereocenters. The average Bonchev–Trinajstić information content (AvgIpc) is 0.740. The van der Waals surface area contributed by atoms with E-state index in [9.17, 15) is 0 Å². The van der Waals surface area contributed by atoms with Crippen LogP contribution in [0.3, 0.4) is 0 Å². The van der Waals surface area contributed by atoms with Gasteiger partial charge in [-0.25, -0.2) is 39.9 Å². The Morgan fingerprint density at radius 3 is 0.821 bits per heavy atom. The highest BCUT2D eigenvalue weighted by atomic mass is 15.0. The molecule has 0 bridgehead atoms. The van der Waals surface area contributed by atoms with Crippen LogP contribution in [0.25, 0.3) is 221 Å². The van der Waals surface area contributed by atoms with E-state index in [0.717, 1.165) is 127 Å². The van der Waals surface area contributed by atoms with Gasteiger partial charge in [-0.2, -0.15) is 0 Å². The number of benzene rings is 18. The first kappa shape index (κ1) is 65.2. The monoisotopic (exact) mass is 1420 g/mol. The van der Waals surface area contributed by atoms with E-state index in [0.29, 0.717) is 34.9 Å². The molecule has 0 spiro atoms. The maximum atomic E-state index is 5.38. The van der Waals surface area contributed by atoms with Crippen LogP contribution in [0.1, 0.15) is 0 Å². The molecule has 8 nitrogen and oxygen atoms in total. The summed E-state index contributed by atoms with van der Waals surface area (Å²) < 4.78 is 0. The van der Waals surface area contributed by atoms with Gasteiger partial charge in [-0.3, -0.25) is 0 Å². The van der Waals surface area contributed by atoms with Crippen molar-refractivity contribution in [2.24, 2.45) is 0 Å². The Balaban J connectivity index is 0.000000147. The predicted molar refractivity (Wildman–Crippen MR) is 465 cm³/mol. The Morgan fingerprint density at radius 2 is 0.411 bits per heavy atom. The summed E-state index contributed by atoms with van der Waals surface area (Å²) in [6, 6.07) is 136. The smallest absolute Gasteiger partial charge is 0.164 e. The first-order valence-corrected chi connectivity index (χ1v) is 37.8. The molecule has 0 fully saturated rings. The highest BCUT2D eigenvalue weighted by Gasteiger charge is 2.22. The zero-order valence-corrected chi connectivity index (χ0v) is 60.5. The third kappa shape index (κ3) is 11.7. The standard InChI is InChI=1S/C60H36N4.C44H28N4/c1-6-24-46-37(15-1)31-32-52-56(46)51-29-11-12-30-55(51)61-57(52)42-20-13-18-38(33-42)39-19-14-21-43(34-39)58-62-59(53-35-40-16-2-4-22-44(40)47-25-7-9-27-49(47)53)64-60(63-58)54-36-41-17-3-5-23-45(41)48-26-8-10-28-50(48)54;1-3-14-30(15-4-1)42-46-43(31-16-5-2-6-17-31)48-44(47-42)35-21-12-19-33(28-35)32-18-11-20-34(27-32)41-38-26-25-29-13-7-8-22-36(29)40(38)37-23-9-10-24-39(37)45-41/h1-36H;1-28H. The first-order valence-electron chi connectivity index (χ1n) is 37.8. The van der Waals surface area contributed by atoms with Gasteiger partial charge in [0.2, 0.25) is 0 Å². The lowest BCUT2D eigenvalue weighted by molar-refractivity contribution is 1.07. The number of para-hydroxylation sites is 2. The van der Waals surface area contributed by atoms with Crippen LogP contribution < -0.4 is 0 Å². The molecule has 22 rings (SSSR count). The maximum absolute atomic E-state index is 5.38. The van der Waals surface area contributed by atoms with E-state index in [-0.39, 0.29) is 0 Å². The SMILES string of the molecule is c1cc(-c2cccc(-c3nc4ccccc4c4c3ccc3ccccc34)c2)cc(-c2nc(-c3cc4ccccc4c4ccccc34)nc(-c3cc4ccccc4c4ccccc34)n2)c1.c1ccc(-c2nc(-c3ccccc3)nc(-c3cccc(-c4cccc(-c5nc6ccccc6c6c5ccc5ccccc56)c4)c3)n2)cc1. The second kappa shape index (κ2) is 27.6. The lowest BCUT2D eigenvalue weighted by Gasteiger charge is -2.15. The molecule has 18 aromatic carbocycles. The maximum Gasteiger partial charge on any atom is 0.164 e. The van der Waals surface area contributed by atoms with Crippen molar-refractivity contribution < 1.29 is 0 Å². The molecule has 0 aliphatic rings. The van der Waals surface area contributed by atoms with E-state index < -0.39 is 0 Å². The number of fused-ring (bicyclic) bond motifs is 16. The van der Waals surface area contributed by atoms with Crippen LogP contribution >= 0.6 is 0 Å². The summed E-state index contributed by atoms with van der Waals surface area (Å²) in [4.78, 5) is 41.4. The number of pyridine rings is 2. The molecule has 4 heterocycles. The van der Waals surface area contributed by atoms with E-state index in [1.54, 1.807) is 0 Å². The Labute approximate surface area is 645 Å². The summed E-state index contributed by atoms with van der Waals surface area (Å²) in [5.41, 5.74) is 16.0. The van der Waals surface area contributed by atoms with E-state index in [1.165, 1.54) is 59.2 Å². The molecule has 22 aromatic rings. The molecule has 0 atom stereocenters. The molecule has 0 radical (unpaired) electrons. The number of rotatable bonds is 10. The van der Waals surface area contributed by atoms with Crippen molar-refractivity contribution >= 4 is 108 Å². The van der Waals surface area contributed by atoms with Crippen LogP contribution in [0, 0.1) is 0 Å². The van der Waals surface area contributed by atoms with Gasteiger partial charge in [0.1, 0.15) is 0 Å². The van der Waals surface area contributed by atoms with E-state index in [4.69, 9.17) is 39.9 Å². The highest BCUT2D eigenvalue weighted by molar-refractivity contribution is 6.24. The van der Waals surface area contributed by atoms with Crippen LogP contribution in [0.2, 0.25) is 0 Å². The van der Waals surface area contributed by atoms with Gasteiger partial charge in [0.25, 0.3) is 0 Å². The number of hydrogen-bond acceptors (Lipinski definition) is 8. The molecular weight excluding hydrogens is 1360 g/mol. The normalized spacial score (nSPS) is 11.6. The van der Waals surface area contributed by atoms with E-state index in [1.807, 2.05) is 60.7 Å². The third-order valence-electron chi connectivity index (χ3n) is 21.7. The van der Waals surface area contributed by atoms with Crippen LogP contribution in [0.5, 0.6) is 0 Å². The number of hydrogen-bond donors (Lipinski definition) is 0. The first-order chi connectivity index (χ1) is 55.5. The lowest BCUT2D eigenvalue weighted by atomic mass is 9.94. The molecule has 0 amide bonds. The van der Waals surface area contributed by atoms with Crippen molar-refractivity contribution in [1.82, 2.24) is 39.9 Å². The number of aromatic nitrogens is 8. The van der Waals surface area contributed by atoms with Gasteiger partial charge >= 0.3 is 0 Å². The molecule has 0 aliphatic heterocycles. The highest BCUT2D eigenvalue weighted by Crippen LogP contribution is 2.44. The fourth-order valence-electron chi connectivity index (χ4n) is 16.4. The van der Waals surface area contributed by atoms with Crippen molar-refractivity contribution in [2.75, 3.05) is 0 Å². The van der Waals surface area contributed by atoms with Crippen molar-refractivity contribution in [3.8, 4) is 113 Å². The van der Waals surface area contributed by atoms with Crippen LogP contribution in [0.4, 0.5) is 0 Å². The fraction of sp³-hybridized carbons (Fsp3) is 0. The molecule has 8 heteroatoms. The number of nitrogens with zero attached hydrogens (tertiary/aromatic N) is 8. The van der Waals surface area contributed by atoms with Crippen LogP contribution in [-0.2, 0) is 0 Å². The minimum atomic E-state index is 0.613. The molecule has 0 saturated heterocycles. The third-order valence-corrected chi connectivity index (χ3v) is 21.7. The van der Waals surface area contributed by atoms with Crippen LogP contribution in [0.15, 0.2) is 388 Å². The van der Waals surface area contributed by atoms with Gasteiger partial charge in [-0.1, -0.05) is 340 Å². The van der Waals surface area contributed by atoms with Crippen molar-refractivity contribution in [1.29, 1.82) is 0 Å². The van der Waals surface area contributed by atoms with E-state index in [2.05, 4.69) is 328 Å². The summed E-state index contributed by atoms with van der Waals surface area (Å²) in [6.45, 7) is 0. The van der Waals surface area contributed by atoms with Crippen molar-refractivity contribution in [3.63, 3.8) is 0 Å². The lowest BCUT2D eigenvalue weighted by Crippen LogP contribution is -2.01. The Hall–Kier alpha value is -15.1. The Bertz CT molecular complexity index is 7300. The Morgan fingerprint density at radius 1 is 0.134 bits per heavy atom. The van der Waals surface area contributed by atoms with Crippen molar-refractivity contribution in [3.05, 3.63) is 388 Å². The largest absolute Gasteiger partial charge is 0.247 e. The summed E-state index contributed by atoms with van der Waals surface area (Å²) >= 11 is 0. The second-order valence-electron chi connectivity index (χ2n) is 28.4. The van der Waals surface area contributed by atoms with Gasteiger partial charge in [-0.15, -0.1) is 0 Å². The molecule has 0 aliphatic carbocycles. The summed E-state index contributed by atoms with van der Waals surface area (Å²) in [5.74, 6) is 3.81. The second-order valence-corrected chi connectivity index (χ2v) is 28.4. The van der Waals surface area contributed by atoms with Gasteiger partial charge in [0.05, 0.1) is 22.4 Å². The quantitative estimate of drug-likeness (QED) is 0.125. The molecule has 0 saturated carbocycles. The predicted octanol–water partition coefficient (Wildman–Crippen LogP) is 26.7. The van der Waals surface area contributed by atoms with Gasteiger partial charge in [0.15, 0.2) is 34.9 Å². The molecule has 4 aromatic heterocycles. The zero-order valence-electron chi connectivity index (χ0n) is 60.5. The summed E-state index contributed by atoms with van der Waals surface area (Å²) in [7, 11) is 0. The summed E-state index contributed by atoms with van der Waals surface area (Å²) in [5, 5.41) is 21.2. The van der Waals surface area contributed by atoms with Gasteiger partial charge in [0, 0.05) is 76.8 Å². The average molecular weight is 1430 g/mol. The Kier molecular flexibility index (Phi) is 16.1. The minimum Gasteiger partial charge on any atom is -0.247 e. The molecule has 112 heavy (non-hydrogen) atoms. The topological polar surface area (TPSA) is 103 Å². The molecule has 0 N–H and O–H groups in total. The van der Waals surface area contributed by atoms with Crippen molar-refractivity contribution in [2.45, 2.75) is 0 Å². The van der Waals surface area contributed by atoms with Crippen LogP contribution in [-0.4, -0.2) is 39.9 Å². The summed E-state index contributed by atoms with van der Waals surface area (Å²) in [6.07, 6.45) is 0. The van der Waals surface area contributed by atoms with Gasteiger partial charge in [-0.05, 0) is 135 Å².